The van der Waals surface area contributed by atoms with Gasteiger partial charge in [0.2, 0.25) is 10.0 Å². The quantitative estimate of drug-likeness (QED) is 0.730. The van der Waals surface area contributed by atoms with Crippen LogP contribution in [0.2, 0.25) is 0 Å². The highest BCUT2D eigenvalue weighted by Gasteiger charge is 2.27. The molecule has 27 heavy (non-hydrogen) atoms. The van der Waals surface area contributed by atoms with Gasteiger partial charge in [-0.05, 0) is 55.2 Å². The average Bonchev–Trinajstić information content (AvgIpc) is 2.67. The Balaban J connectivity index is 1.79. The highest BCUT2D eigenvalue weighted by Crippen LogP contribution is 2.23. The van der Waals surface area contributed by atoms with Crippen molar-refractivity contribution in [3.05, 3.63) is 65.0 Å². The molecular formula is C20H22FNO4S. The molecule has 0 aromatic heterocycles. The highest BCUT2D eigenvalue weighted by atomic mass is 32.2. The SMILES string of the molecule is Cc1ccc(S(=O)(=O)N2CCCCC2)cc1C(=O)OCc1cccc(F)c1. The molecule has 0 bridgehead atoms. The Morgan fingerprint density at radius 1 is 1.11 bits per heavy atom. The van der Waals surface area contributed by atoms with Crippen molar-refractivity contribution in [2.45, 2.75) is 37.7 Å². The van der Waals surface area contributed by atoms with Crippen molar-refractivity contribution in [2.24, 2.45) is 0 Å². The fraction of sp³-hybridized carbons (Fsp3) is 0.350. The topological polar surface area (TPSA) is 63.7 Å². The molecule has 1 aliphatic rings. The maximum Gasteiger partial charge on any atom is 0.338 e. The number of hydrogen-bond donors (Lipinski definition) is 0. The van der Waals surface area contributed by atoms with Gasteiger partial charge in [0.1, 0.15) is 12.4 Å². The average molecular weight is 391 g/mol. The van der Waals surface area contributed by atoms with E-state index in [1.54, 1.807) is 19.1 Å². The second kappa shape index (κ2) is 8.19. The first-order chi connectivity index (χ1) is 12.9. The summed E-state index contributed by atoms with van der Waals surface area (Å²) in [7, 11) is -3.63. The fourth-order valence-corrected chi connectivity index (χ4v) is 4.63. The zero-order valence-corrected chi connectivity index (χ0v) is 16.0. The first-order valence-electron chi connectivity index (χ1n) is 8.90. The molecule has 2 aromatic rings. The van der Waals surface area contributed by atoms with E-state index in [1.807, 2.05) is 0 Å². The van der Waals surface area contributed by atoms with Gasteiger partial charge in [-0.3, -0.25) is 0 Å². The minimum Gasteiger partial charge on any atom is -0.457 e. The van der Waals surface area contributed by atoms with Crippen LogP contribution in [0.1, 0.15) is 40.7 Å². The van der Waals surface area contributed by atoms with Gasteiger partial charge in [0, 0.05) is 13.1 Å². The van der Waals surface area contributed by atoms with E-state index in [-0.39, 0.29) is 17.1 Å². The lowest BCUT2D eigenvalue weighted by Crippen LogP contribution is -2.35. The third kappa shape index (κ3) is 4.54. The van der Waals surface area contributed by atoms with Gasteiger partial charge in [0.15, 0.2) is 0 Å². The summed E-state index contributed by atoms with van der Waals surface area (Å²) in [5.41, 5.74) is 1.35. The predicted molar refractivity (Wildman–Crippen MR) is 99.3 cm³/mol. The van der Waals surface area contributed by atoms with E-state index in [2.05, 4.69) is 0 Å². The number of benzene rings is 2. The van der Waals surface area contributed by atoms with Gasteiger partial charge in [0.25, 0.3) is 0 Å². The molecule has 0 spiro atoms. The summed E-state index contributed by atoms with van der Waals surface area (Å²) >= 11 is 0. The predicted octanol–water partition coefficient (Wildman–Crippen LogP) is 3.67. The lowest BCUT2D eigenvalue weighted by molar-refractivity contribution is 0.0471. The van der Waals surface area contributed by atoms with Crippen LogP contribution in [0.15, 0.2) is 47.4 Å². The van der Waals surface area contributed by atoms with Crippen molar-refractivity contribution in [2.75, 3.05) is 13.1 Å². The number of piperidine rings is 1. The number of esters is 1. The van der Waals surface area contributed by atoms with Crippen LogP contribution in [0.25, 0.3) is 0 Å². The number of hydrogen-bond acceptors (Lipinski definition) is 4. The van der Waals surface area contributed by atoms with Crippen LogP contribution >= 0.6 is 0 Å². The fourth-order valence-electron chi connectivity index (χ4n) is 3.09. The largest absolute Gasteiger partial charge is 0.457 e. The Labute approximate surface area is 158 Å². The Morgan fingerprint density at radius 3 is 2.56 bits per heavy atom. The molecule has 0 unspecified atom stereocenters. The minimum absolute atomic E-state index is 0.0842. The van der Waals surface area contributed by atoms with E-state index in [4.69, 9.17) is 4.74 Å². The van der Waals surface area contributed by atoms with Crippen LogP contribution in [0.3, 0.4) is 0 Å². The van der Waals surface area contributed by atoms with E-state index in [0.29, 0.717) is 24.2 Å². The molecule has 0 aliphatic carbocycles. The zero-order valence-electron chi connectivity index (χ0n) is 15.2. The van der Waals surface area contributed by atoms with Crippen LogP contribution in [-0.2, 0) is 21.4 Å². The molecule has 1 aliphatic heterocycles. The number of carbonyl (C=O) groups is 1. The summed E-state index contributed by atoms with van der Waals surface area (Å²) < 4.78 is 45.6. The Kier molecular flexibility index (Phi) is 5.92. The first-order valence-corrected chi connectivity index (χ1v) is 10.3. The molecule has 7 heteroatoms. The Bertz CT molecular complexity index is 937. The molecule has 0 atom stereocenters. The van der Waals surface area contributed by atoms with Crippen LogP contribution in [0.5, 0.6) is 0 Å². The lowest BCUT2D eigenvalue weighted by Gasteiger charge is -2.26. The third-order valence-electron chi connectivity index (χ3n) is 4.64. The van der Waals surface area contributed by atoms with Crippen molar-refractivity contribution >= 4 is 16.0 Å². The summed E-state index contributed by atoms with van der Waals surface area (Å²) in [6, 6.07) is 10.3. The van der Waals surface area contributed by atoms with E-state index >= 15 is 0 Å². The molecule has 1 saturated heterocycles. The van der Waals surface area contributed by atoms with Gasteiger partial charge in [-0.15, -0.1) is 0 Å². The standard InChI is InChI=1S/C20H22FNO4S/c1-15-8-9-18(27(24,25)22-10-3-2-4-11-22)13-19(15)20(23)26-14-16-6-5-7-17(21)12-16/h5-9,12-13H,2-4,10-11,14H2,1H3. The molecule has 0 amide bonds. The number of carbonyl (C=O) groups excluding carboxylic acids is 1. The third-order valence-corrected chi connectivity index (χ3v) is 6.54. The monoisotopic (exact) mass is 391 g/mol. The van der Waals surface area contributed by atoms with Gasteiger partial charge in [-0.2, -0.15) is 4.31 Å². The van der Waals surface area contributed by atoms with Gasteiger partial charge in [-0.25, -0.2) is 17.6 Å². The van der Waals surface area contributed by atoms with Gasteiger partial charge < -0.3 is 4.74 Å². The summed E-state index contributed by atoms with van der Waals surface area (Å²) in [5, 5.41) is 0. The number of ether oxygens (including phenoxy) is 1. The summed E-state index contributed by atoms with van der Waals surface area (Å²) in [6.45, 7) is 2.63. The normalized spacial score (nSPS) is 15.5. The molecule has 1 fully saturated rings. The van der Waals surface area contributed by atoms with Gasteiger partial charge in [0.05, 0.1) is 10.5 Å². The molecular weight excluding hydrogens is 369 g/mol. The summed E-state index contributed by atoms with van der Waals surface area (Å²) in [4.78, 5) is 12.5. The van der Waals surface area contributed by atoms with Crippen LogP contribution in [0.4, 0.5) is 4.39 Å². The number of nitrogens with zero attached hydrogens (tertiary/aromatic N) is 1. The second-order valence-corrected chi connectivity index (χ2v) is 8.59. The van der Waals surface area contributed by atoms with Crippen LogP contribution < -0.4 is 0 Å². The van der Waals surface area contributed by atoms with Gasteiger partial charge in [-0.1, -0.05) is 24.6 Å². The van der Waals surface area contributed by atoms with Crippen molar-refractivity contribution < 1.29 is 22.3 Å². The number of rotatable bonds is 5. The number of aryl methyl sites for hydroxylation is 1. The van der Waals surface area contributed by atoms with Crippen molar-refractivity contribution in [1.82, 2.24) is 4.31 Å². The van der Waals surface area contributed by atoms with Gasteiger partial charge >= 0.3 is 5.97 Å². The molecule has 2 aromatic carbocycles. The van der Waals surface area contributed by atoms with E-state index in [9.17, 15) is 17.6 Å². The minimum atomic E-state index is -3.63. The second-order valence-electron chi connectivity index (χ2n) is 6.65. The maximum absolute atomic E-state index is 13.2. The van der Waals surface area contributed by atoms with Crippen LogP contribution in [0, 0.1) is 12.7 Å². The Morgan fingerprint density at radius 2 is 1.85 bits per heavy atom. The van der Waals surface area contributed by atoms with Crippen LogP contribution in [-0.4, -0.2) is 31.8 Å². The Hall–Kier alpha value is -2.25. The smallest absolute Gasteiger partial charge is 0.338 e. The van der Waals surface area contributed by atoms with E-state index < -0.39 is 21.8 Å². The molecule has 144 valence electrons. The van der Waals surface area contributed by atoms with E-state index in [0.717, 1.165) is 19.3 Å². The molecule has 1 heterocycles. The van der Waals surface area contributed by atoms with Crippen molar-refractivity contribution in [1.29, 1.82) is 0 Å². The molecule has 0 radical (unpaired) electrons. The zero-order chi connectivity index (χ0) is 19.4. The molecule has 3 rings (SSSR count). The van der Waals surface area contributed by atoms with Crippen molar-refractivity contribution in [3.8, 4) is 0 Å². The summed E-state index contributed by atoms with van der Waals surface area (Å²) in [6.07, 6.45) is 2.71. The lowest BCUT2D eigenvalue weighted by atomic mass is 10.1. The number of sulfonamides is 1. The molecule has 0 saturated carbocycles. The highest BCUT2D eigenvalue weighted by molar-refractivity contribution is 7.89. The first kappa shape index (κ1) is 19.5. The molecule has 0 N–H and O–H groups in total. The molecule has 5 nitrogen and oxygen atoms in total. The number of halogens is 1. The maximum atomic E-state index is 13.2. The summed E-state index contributed by atoms with van der Waals surface area (Å²) in [5.74, 6) is -1.04. The van der Waals surface area contributed by atoms with Crippen molar-refractivity contribution in [3.63, 3.8) is 0 Å². The van der Waals surface area contributed by atoms with E-state index in [1.165, 1.54) is 34.6 Å².